The second kappa shape index (κ2) is 10.1. The average molecular weight is 406 g/mol. The van der Waals surface area contributed by atoms with Gasteiger partial charge in [-0.15, -0.1) is 0 Å². The summed E-state index contributed by atoms with van der Waals surface area (Å²) in [7, 11) is 0. The maximum Gasteiger partial charge on any atom is 0.416 e. The third-order valence-electron chi connectivity index (χ3n) is 3.52. The molecule has 0 heterocycles. The van der Waals surface area contributed by atoms with Crippen LogP contribution in [0.5, 0.6) is 0 Å². The van der Waals surface area contributed by atoms with Crippen LogP contribution in [0.25, 0.3) is 6.08 Å². The smallest absolute Gasteiger partial charge is 0.416 e. The van der Waals surface area contributed by atoms with Crippen molar-refractivity contribution in [2.45, 2.75) is 12.7 Å². The highest BCUT2D eigenvalue weighted by atomic mass is 19.4. The van der Waals surface area contributed by atoms with Gasteiger partial charge in [0.2, 0.25) is 0 Å². The quantitative estimate of drug-likeness (QED) is 0.570. The summed E-state index contributed by atoms with van der Waals surface area (Å²) in [6.45, 7) is -0.510. The van der Waals surface area contributed by atoms with Crippen LogP contribution < -0.4 is 10.6 Å². The lowest BCUT2D eigenvalue weighted by molar-refractivity contribution is -0.143. The van der Waals surface area contributed by atoms with Gasteiger partial charge in [-0.3, -0.25) is 10.1 Å². The zero-order valence-electron chi connectivity index (χ0n) is 15.0. The van der Waals surface area contributed by atoms with Crippen LogP contribution in [-0.2, 0) is 27.0 Å². The number of halogens is 3. The monoisotopic (exact) mass is 406 g/mol. The molecule has 6 nitrogen and oxygen atoms in total. The molecule has 9 heteroatoms. The molecule has 2 aromatic carbocycles. The first-order valence-electron chi connectivity index (χ1n) is 8.38. The molecular weight excluding hydrogens is 389 g/mol. The third-order valence-corrected chi connectivity index (χ3v) is 3.52. The van der Waals surface area contributed by atoms with Gasteiger partial charge in [0.1, 0.15) is 0 Å². The van der Waals surface area contributed by atoms with Crippen molar-refractivity contribution < 1.29 is 32.3 Å². The normalized spacial score (nSPS) is 11.1. The van der Waals surface area contributed by atoms with Crippen molar-refractivity contribution in [2.24, 2.45) is 0 Å². The summed E-state index contributed by atoms with van der Waals surface area (Å²) in [4.78, 5) is 34.8. The zero-order valence-corrected chi connectivity index (χ0v) is 15.0. The van der Waals surface area contributed by atoms with Crippen molar-refractivity contribution >= 4 is 24.0 Å². The fourth-order valence-electron chi connectivity index (χ4n) is 2.15. The van der Waals surface area contributed by atoms with E-state index in [1.807, 2.05) is 11.4 Å². The predicted molar refractivity (Wildman–Crippen MR) is 98.3 cm³/mol. The van der Waals surface area contributed by atoms with E-state index >= 15 is 0 Å². The Bertz CT molecular complexity index is 896. The van der Waals surface area contributed by atoms with Gasteiger partial charge in [0, 0.05) is 12.6 Å². The molecule has 0 unspecified atom stereocenters. The summed E-state index contributed by atoms with van der Waals surface area (Å²) in [5, 5.41) is 4.45. The number of hydrogen-bond acceptors (Lipinski definition) is 4. The van der Waals surface area contributed by atoms with E-state index in [0.717, 1.165) is 29.8 Å². The average Bonchev–Trinajstić information content (AvgIpc) is 2.69. The second-order valence-corrected chi connectivity index (χ2v) is 5.78. The summed E-state index contributed by atoms with van der Waals surface area (Å²) in [6, 6.07) is 12.6. The van der Waals surface area contributed by atoms with Crippen LogP contribution in [0.4, 0.5) is 18.0 Å². The number of rotatable bonds is 6. The van der Waals surface area contributed by atoms with Crippen molar-refractivity contribution in [3.05, 3.63) is 77.4 Å². The first-order valence-corrected chi connectivity index (χ1v) is 8.38. The summed E-state index contributed by atoms with van der Waals surface area (Å²) < 4.78 is 42.6. The van der Waals surface area contributed by atoms with E-state index in [1.54, 1.807) is 24.3 Å². The number of nitrogens with one attached hydrogen (secondary N) is 2. The van der Waals surface area contributed by atoms with Gasteiger partial charge in [0.15, 0.2) is 6.61 Å². The van der Waals surface area contributed by atoms with Crippen LogP contribution in [0, 0.1) is 0 Å². The minimum Gasteiger partial charge on any atom is -0.452 e. The highest BCUT2D eigenvalue weighted by molar-refractivity contribution is 5.96. The van der Waals surface area contributed by atoms with Gasteiger partial charge in [-0.2, -0.15) is 13.2 Å². The molecule has 0 radical (unpaired) electrons. The molecule has 29 heavy (non-hydrogen) atoms. The van der Waals surface area contributed by atoms with E-state index in [2.05, 4.69) is 10.1 Å². The molecule has 2 N–H and O–H groups in total. The lowest BCUT2D eigenvalue weighted by atomic mass is 10.1. The maximum absolute atomic E-state index is 12.6. The molecule has 0 bridgehead atoms. The number of hydrogen-bond donors (Lipinski definition) is 2. The molecule has 0 saturated carbocycles. The molecule has 0 atom stereocenters. The first kappa shape index (κ1) is 21.7. The molecule has 152 valence electrons. The Hall–Kier alpha value is -3.62. The van der Waals surface area contributed by atoms with E-state index in [1.165, 1.54) is 12.1 Å². The Kier molecular flexibility index (Phi) is 7.53. The van der Waals surface area contributed by atoms with Crippen LogP contribution >= 0.6 is 0 Å². The fourth-order valence-corrected chi connectivity index (χ4v) is 2.15. The number of carbonyl (C=O) groups is 3. The van der Waals surface area contributed by atoms with Crippen molar-refractivity contribution in [3.63, 3.8) is 0 Å². The lowest BCUT2D eigenvalue weighted by Gasteiger charge is -2.07. The van der Waals surface area contributed by atoms with Gasteiger partial charge in [-0.25, -0.2) is 9.59 Å². The van der Waals surface area contributed by atoms with Crippen molar-refractivity contribution in [1.82, 2.24) is 10.6 Å². The molecule has 0 fully saturated rings. The van der Waals surface area contributed by atoms with Crippen molar-refractivity contribution in [2.75, 3.05) is 6.61 Å². The predicted octanol–water partition coefficient (Wildman–Crippen LogP) is 3.29. The van der Waals surface area contributed by atoms with Crippen molar-refractivity contribution in [1.29, 1.82) is 0 Å². The maximum atomic E-state index is 12.6. The second-order valence-electron chi connectivity index (χ2n) is 5.78. The van der Waals surface area contributed by atoms with Crippen LogP contribution in [0.3, 0.4) is 0 Å². The number of urea groups is 1. The Morgan fingerprint density at radius 2 is 1.72 bits per heavy atom. The molecule has 0 aliphatic heterocycles. The number of carbonyl (C=O) groups excluding carboxylic acids is 3. The van der Waals surface area contributed by atoms with Gasteiger partial charge in [-0.1, -0.05) is 42.5 Å². The number of amides is 3. The minimum atomic E-state index is -4.50. The van der Waals surface area contributed by atoms with Crippen molar-refractivity contribution in [3.8, 4) is 0 Å². The van der Waals surface area contributed by atoms with Gasteiger partial charge >= 0.3 is 18.2 Å². The number of benzene rings is 2. The Balaban J connectivity index is 1.75. The molecule has 0 saturated heterocycles. The summed E-state index contributed by atoms with van der Waals surface area (Å²) in [5.74, 6) is -1.79. The van der Waals surface area contributed by atoms with Gasteiger partial charge in [0.25, 0.3) is 5.91 Å². The summed E-state index contributed by atoms with van der Waals surface area (Å²) >= 11 is 0. The minimum absolute atomic E-state index is 0.140. The van der Waals surface area contributed by atoms with Gasteiger partial charge in [-0.05, 0) is 29.3 Å². The first-order chi connectivity index (χ1) is 13.7. The van der Waals surface area contributed by atoms with Gasteiger partial charge in [0.05, 0.1) is 5.56 Å². The molecule has 0 spiro atoms. The van der Waals surface area contributed by atoms with E-state index in [-0.39, 0.29) is 12.1 Å². The van der Waals surface area contributed by atoms with E-state index in [9.17, 15) is 27.6 Å². The molecule has 0 aliphatic rings. The number of alkyl halides is 3. The Morgan fingerprint density at radius 3 is 2.41 bits per heavy atom. The fraction of sp³-hybridized carbons (Fsp3) is 0.150. The number of ether oxygens (including phenoxy) is 1. The van der Waals surface area contributed by atoms with Crippen LogP contribution in [0.2, 0.25) is 0 Å². The molecule has 0 aromatic heterocycles. The number of esters is 1. The Labute approximate surface area is 164 Å². The van der Waals surface area contributed by atoms with E-state index < -0.39 is 36.3 Å². The molecule has 3 amide bonds. The third kappa shape index (κ3) is 7.87. The highest BCUT2D eigenvalue weighted by Gasteiger charge is 2.30. The molecular formula is C20H17F3N2O4. The SMILES string of the molecule is O=C(COC(=O)/C=C/c1cccc(C(F)(F)F)c1)NC(=O)NCc1ccccc1. The molecule has 2 rings (SSSR count). The van der Waals surface area contributed by atoms with E-state index in [0.29, 0.717) is 0 Å². The zero-order chi connectivity index (χ0) is 21.3. The van der Waals surface area contributed by atoms with E-state index in [4.69, 9.17) is 0 Å². The van der Waals surface area contributed by atoms with Crippen LogP contribution in [0.15, 0.2) is 60.7 Å². The molecule has 0 aliphatic carbocycles. The summed E-state index contributed by atoms with van der Waals surface area (Å²) in [6.07, 6.45) is -2.48. The number of imide groups is 1. The molecule has 2 aromatic rings. The lowest BCUT2D eigenvalue weighted by Crippen LogP contribution is -2.41. The van der Waals surface area contributed by atoms with Crippen LogP contribution in [0.1, 0.15) is 16.7 Å². The standard InChI is InChI=1S/C20H17F3N2O4/c21-20(22,23)16-8-4-7-14(11-16)9-10-18(27)29-13-17(26)25-19(28)24-12-15-5-2-1-3-6-15/h1-11H,12-13H2,(H2,24,25,26,28)/b10-9+. The largest absolute Gasteiger partial charge is 0.452 e. The highest BCUT2D eigenvalue weighted by Crippen LogP contribution is 2.29. The summed E-state index contributed by atoms with van der Waals surface area (Å²) in [5.41, 5.74) is 0.122. The van der Waals surface area contributed by atoms with Gasteiger partial charge < -0.3 is 10.1 Å². The Morgan fingerprint density at radius 1 is 1.00 bits per heavy atom. The topological polar surface area (TPSA) is 84.5 Å². The van der Waals surface area contributed by atoms with Crippen LogP contribution in [-0.4, -0.2) is 24.5 Å².